The van der Waals surface area contributed by atoms with Gasteiger partial charge in [-0.25, -0.2) is 4.98 Å². The minimum Gasteiger partial charge on any atom is -0.353 e. The lowest BCUT2D eigenvalue weighted by atomic mass is 10.1. The van der Waals surface area contributed by atoms with Gasteiger partial charge in [0.2, 0.25) is 0 Å². The van der Waals surface area contributed by atoms with Gasteiger partial charge >= 0.3 is 0 Å². The Hall–Kier alpha value is -1.73. The molecule has 1 aromatic carbocycles. The maximum Gasteiger partial charge on any atom is 0.147 e. The van der Waals surface area contributed by atoms with E-state index in [0.29, 0.717) is 16.1 Å². The third-order valence-electron chi connectivity index (χ3n) is 3.54. The Morgan fingerprint density at radius 1 is 1.25 bits per heavy atom. The molecule has 1 aliphatic heterocycles. The van der Waals surface area contributed by atoms with Crippen molar-refractivity contribution >= 4 is 28.5 Å². The second-order valence-corrected chi connectivity index (χ2v) is 7.21. The summed E-state index contributed by atoms with van der Waals surface area (Å²) in [6.07, 6.45) is 0. The molecule has 4 heteroatoms. The molecule has 2 atom stereocenters. The lowest BCUT2D eigenvalue weighted by molar-refractivity contribution is 0.719. The Kier molecular flexibility index (Phi) is 3.54. The van der Waals surface area contributed by atoms with Gasteiger partial charge in [-0.2, -0.15) is 17.0 Å². The molecule has 1 saturated heterocycles. The molecule has 0 saturated carbocycles. The number of pyridine rings is 1. The fourth-order valence-corrected chi connectivity index (χ4v) is 4.11. The maximum absolute atomic E-state index is 9.42. The van der Waals surface area contributed by atoms with Crippen molar-refractivity contribution in [2.24, 2.45) is 0 Å². The molecule has 0 aliphatic carbocycles. The third-order valence-corrected chi connectivity index (χ3v) is 4.77. The van der Waals surface area contributed by atoms with E-state index in [0.717, 1.165) is 29.8 Å². The van der Waals surface area contributed by atoms with Crippen molar-refractivity contribution in [3.8, 4) is 6.07 Å². The van der Waals surface area contributed by atoms with E-state index in [-0.39, 0.29) is 0 Å². The van der Waals surface area contributed by atoms with E-state index < -0.39 is 0 Å². The average molecular weight is 283 g/mol. The van der Waals surface area contributed by atoms with Gasteiger partial charge in [-0.3, -0.25) is 0 Å². The minimum absolute atomic E-state index is 0.568. The topological polar surface area (TPSA) is 39.9 Å². The fourth-order valence-electron chi connectivity index (χ4n) is 2.78. The molecule has 20 heavy (non-hydrogen) atoms. The van der Waals surface area contributed by atoms with Crippen molar-refractivity contribution < 1.29 is 0 Å². The standard InChI is InChI=1S/C16H17N3S/c1-11-9-19(10-12(2)20-11)16-14(8-17)7-13-5-3-4-6-15(13)18-16/h3-7,11-12H,9-10H2,1-2H3. The quantitative estimate of drug-likeness (QED) is 0.804. The number of para-hydroxylation sites is 1. The van der Waals surface area contributed by atoms with Gasteiger partial charge in [-0.05, 0) is 12.1 Å². The Balaban J connectivity index is 2.08. The van der Waals surface area contributed by atoms with E-state index in [1.807, 2.05) is 42.1 Å². The summed E-state index contributed by atoms with van der Waals surface area (Å²) in [6, 6.07) is 12.2. The van der Waals surface area contributed by atoms with Crippen LogP contribution in [0.25, 0.3) is 10.9 Å². The van der Waals surface area contributed by atoms with Gasteiger partial charge in [0, 0.05) is 29.0 Å². The lowest BCUT2D eigenvalue weighted by Crippen LogP contribution is -2.41. The molecular weight excluding hydrogens is 266 g/mol. The second-order valence-electron chi connectivity index (χ2n) is 5.33. The highest BCUT2D eigenvalue weighted by Crippen LogP contribution is 2.30. The van der Waals surface area contributed by atoms with E-state index in [1.54, 1.807) is 0 Å². The predicted molar refractivity (Wildman–Crippen MR) is 85.2 cm³/mol. The lowest BCUT2D eigenvalue weighted by Gasteiger charge is -2.35. The largest absolute Gasteiger partial charge is 0.353 e. The summed E-state index contributed by atoms with van der Waals surface area (Å²) in [4.78, 5) is 6.99. The van der Waals surface area contributed by atoms with E-state index in [2.05, 4.69) is 24.8 Å². The molecule has 2 unspecified atom stereocenters. The van der Waals surface area contributed by atoms with E-state index in [4.69, 9.17) is 4.98 Å². The molecule has 3 nitrogen and oxygen atoms in total. The first-order chi connectivity index (χ1) is 9.67. The van der Waals surface area contributed by atoms with E-state index >= 15 is 0 Å². The molecule has 0 bridgehead atoms. The monoisotopic (exact) mass is 283 g/mol. The molecule has 1 aromatic heterocycles. The van der Waals surface area contributed by atoms with Gasteiger partial charge in [-0.15, -0.1) is 0 Å². The number of anilines is 1. The van der Waals surface area contributed by atoms with Crippen LogP contribution in [0.3, 0.4) is 0 Å². The first-order valence-electron chi connectivity index (χ1n) is 6.87. The van der Waals surface area contributed by atoms with Crippen LogP contribution in [0.2, 0.25) is 0 Å². The van der Waals surface area contributed by atoms with Gasteiger partial charge in [-0.1, -0.05) is 32.0 Å². The fraction of sp³-hybridized carbons (Fsp3) is 0.375. The molecule has 2 heterocycles. The number of aromatic nitrogens is 1. The normalized spacial score (nSPS) is 22.8. The van der Waals surface area contributed by atoms with Gasteiger partial charge in [0.1, 0.15) is 11.9 Å². The van der Waals surface area contributed by atoms with Crippen LogP contribution in [0.5, 0.6) is 0 Å². The van der Waals surface area contributed by atoms with E-state index in [1.165, 1.54) is 0 Å². The second kappa shape index (κ2) is 5.34. The number of hydrogen-bond acceptors (Lipinski definition) is 4. The van der Waals surface area contributed by atoms with Crippen molar-refractivity contribution in [1.82, 2.24) is 4.98 Å². The van der Waals surface area contributed by atoms with Gasteiger partial charge < -0.3 is 4.90 Å². The SMILES string of the molecule is CC1CN(c2nc3ccccc3cc2C#N)CC(C)S1. The summed E-state index contributed by atoms with van der Waals surface area (Å²) in [5, 5.41) is 11.6. The molecule has 2 aromatic rings. The Morgan fingerprint density at radius 2 is 1.95 bits per heavy atom. The number of benzene rings is 1. The molecule has 1 aliphatic rings. The predicted octanol–water partition coefficient (Wildman–Crippen LogP) is 3.44. The molecule has 102 valence electrons. The summed E-state index contributed by atoms with van der Waals surface area (Å²) in [7, 11) is 0. The summed E-state index contributed by atoms with van der Waals surface area (Å²) < 4.78 is 0. The molecule has 0 spiro atoms. The molecule has 3 rings (SSSR count). The van der Waals surface area contributed by atoms with Crippen LogP contribution in [0.15, 0.2) is 30.3 Å². The van der Waals surface area contributed by atoms with Crippen LogP contribution in [0, 0.1) is 11.3 Å². The van der Waals surface area contributed by atoms with Crippen molar-refractivity contribution in [3.63, 3.8) is 0 Å². The van der Waals surface area contributed by atoms with Gasteiger partial charge in [0.05, 0.1) is 11.1 Å². The number of rotatable bonds is 1. The highest BCUT2D eigenvalue weighted by Gasteiger charge is 2.25. The molecular formula is C16H17N3S. The van der Waals surface area contributed by atoms with Crippen LogP contribution >= 0.6 is 11.8 Å². The number of fused-ring (bicyclic) bond motifs is 1. The zero-order valence-corrected chi connectivity index (χ0v) is 12.5. The highest BCUT2D eigenvalue weighted by atomic mass is 32.2. The summed E-state index contributed by atoms with van der Waals surface area (Å²) in [5.41, 5.74) is 1.63. The molecule has 0 amide bonds. The average Bonchev–Trinajstić information content (AvgIpc) is 2.44. The van der Waals surface area contributed by atoms with Crippen LogP contribution in [-0.4, -0.2) is 28.6 Å². The van der Waals surface area contributed by atoms with Crippen LogP contribution < -0.4 is 4.90 Å². The molecule has 1 fully saturated rings. The van der Waals surface area contributed by atoms with Crippen molar-refractivity contribution in [2.75, 3.05) is 18.0 Å². The summed E-state index contributed by atoms with van der Waals surface area (Å²) in [5.74, 6) is 0.838. The number of hydrogen-bond donors (Lipinski definition) is 0. The summed E-state index contributed by atoms with van der Waals surface area (Å²) >= 11 is 2.00. The third kappa shape index (κ3) is 2.46. The van der Waals surface area contributed by atoms with Crippen molar-refractivity contribution in [2.45, 2.75) is 24.3 Å². The van der Waals surface area contributed by atoms with Crippen LogP contribution in [0.1, 0.15) is 19.4 Å². The number of thioether (sulfide) groups is 1. The smallest absolute Gasteiger partial charge is 0.147 e. The van der Waals surface area contributed by atoms with Crippen molar-refractivity contribution in [1.29, 1.82) is 5.26 Å². The molecule has 0 N–H and O–H groups in total. The molecule has 0 radical (unpaired) electrons. The zero-order chi connectivity index (χ0) is 14.1. The number of nitriles is 1. The zero-order valence-electron chi connectivity index (χ0n) is 11.7. The first kappa shape index (κ1) is 13.3. The Labute approximate surface area is 123 Å². The Bertz CT molecular complexity index is 667. The Morgan fingerprint density at radius 3 is 2.65 bits per heavy atom. The summed E-state index contributed by atoms with van der Waals surface area (Å²) in [6.45, 7) is 6.38. The maximum atomic E-state index is 9.42. The van der Waals surface area contributed by atoms with Gasteiger partial charge in [0.15, 0.2) is 0 Å². The van der Waals surface area contributed by atoms with E-state index in [9.17, 15) is 5.26 Å². The highest BCUT2D eigenvalue weighted by molar-refractivity contribution is 8.00. The number of nitrogens with zero attached hydrogens (tertiary/aromatic N) is 3. The van der Waals surface area contributed by atoms with Crippen LogP contribution in [0.4, 0.5) is 5.82 Å². The van der Waals surface area contributed by atoms with Gasteiger partial charge in [0.25, 0.3) is 0 Å². The van der Waals surface area contributed by atoms with Crippen LogP contribution in [-0.2, 0) is 0 Å². The van der Waals surface area contributed by atoms with Crippen molar-refractivity contribution in [3.05, 3.63) is 35.9 Å². The first-order valence-corrected chi connectivity index (χ1v) is 7.82. The minimum atomic E-state index is 0.568.